The number of amides is 2. The molecule has 1 aliphatic carbocycles. The van der Waals surface area contributed by atoms with E-state index >= 15 is 0 Å². The summed E-state index contributed by atoms with van der Waals surface area (Å²) in [6, 6.07) is 3.12. The number of nitrogens with two attached hydrogens (primary N) is 1. The third-order valence-electron chi connectivity index (χ3n) is 6.97. The first kappa shape index (κ1) is 23.1. The maximum atomic E-state index is 13.6. The first-order valence-corrected chi connectivity index (χ1v) is 11.1. The Morgan fingerprint density at radius 2 is 2.00 bits per heavy atom. The molecule has 1 saturated carbocycles. The number of hydrogen-bond donors (Lipinski definition) is 5. The molecule has 3 aliphatic rings. The number of carbonyl (C=O) groups is 3. The summed E-state index contributed by atoms with van der Waals surface area (Å²) in [6.07, 6.45) is 2.86. The lowest BCUT2D eigenvalue weighted by Crippen LogP contribution is -2.74. The van der Waals surface area contributed by atoms with Crippen LogP contribution in [0.5, 0.6) is 0 Å². The first-order chi connectivity index (χ1) is 16.7. The molecule has 35 heavy (non-hydrogen) atoms. The molecular formula is C23H25F2N6O4+. The minimum atomic E-state index is -1.09. The number of rotatable bonds is 7. The number of carbonyl (C=O) groups excluding carboxylic acids is 3. The van der Waals surface area contributed by atoms with Crippen LogP contribution in [0, 0.1) is 24.5 Å². The molecule has 2 fully saturated rings. The summed E-state index contributed by atoms with van der Waals surface area (Å²) in [5.74, 6) is 1.32. The number of ether oxygens (including phenoxy) is 1. The second-order valence-corrected chi connectivity index (χ2v) is 9.21. The highest BCUT2D eigenvalue weighted by Gasteiger charge is 2.51. The van der Waals surface area contributed by atoms with Crippen LogP contribution in [0.1, 0.15) is 44.6 Å². The fourth-order valence-corrected chi connectivity index (χ4v) is 4.97. The highest BCUT2D eigenvalue weighted by Crippen LogP contribution is 2.54. The maximum absolute atomic E-state index is 13.6. The SMILES string of the molecule is Cc1c(C(=O)C(=O)NC2(C([NH3+])=CNN)COC2)c2n(c1C(=O)Nc1ccc(F)c(F)c1)C1CC1C2. The van der Waals surface area contributed by atoms with Gasteiger partial charge in [-0.25, -0.2) is 8.78 Å². The molecular weight excluding hydrogens is 462 g/mol. The first-order valence-electron chi connectivity index (χ1n) is 11.1. The van der Waals surface area contributed by atoms with Crippen molar-refractivity contribution in [2.24, 2.45) is 11.8 Å². The van der Waals surface area contributed by atoms with E-state index in [1.807, 2.05) is 4.57 Å². The van der Waals surface area contributed by atoms with Crippen molar-refractivity contribution < 1.29 is 33.6 Å². The quantitative estimate of drug-likeness (QED) is 0.161. The second kappa shape index (κ2) is 8.26. The van der Waals surface area contributed by atoms with Crippen molar-refractivity contribution in [3.05, 3.63) is 64.2 Å². The lowest BCUT2D eigenvalue weighted by molar-refractivity contribution is -0.333. The zero-order valence-corrected chi connectivity index (χ0v) is 18.9. The number of halogens is 2. The van der Waals surface area contributed by atoms with E-state index in [2.05, 4.69) is 21.8 Å². The van der Waals surface area contributed by atoms with Crippen molar-refractivity contribution in [1.29, 1.82) is 0 Å². The van der Waals surface area contributed by atoms with Crippen LogP contribution in [-0.4, -0.2) is 40.9 Å². The van der Waals surface area contributed by atoms with Crippen LogP contribution in [0.25, 0.3) is 0 Å². The maximum Gasteiger partial charge on any atom is 0.293 e. The summed E-state index contributed by atoms with van der Waals surface area (Å²) in [6.45, 7) is 1.89. The molecule has 10 nitrogen and oxygen atoms in total. The topological polar surface area (TPSA) is 155 Å². The summed E-state index contributed by atoms with van der Waals surface area (Å²) in [5, 5.41) is 5.29. The third kappa shape index (κ3) is 3.70. The molecule has 184 valence electrons. The Kier molecular flexibility index (Phi) is 5.46. The van der Waals surface area contributed by atoms with Gasteiger partial charge in [-0.1, -0.05) is 0 Å². The highest BCUT2D eigenvalue weighted by molar-refractivity contribution is 6.44. The molecule has 0 bridgehead atoms. The number of aromatic nitrogens is 1. The number of hydrogen-bond acceptors (Lipinski definition) is 6. The van der Waals surface area contributed by atoms with Crippen molar-refractivity contribution in [2.75, 3.05) is 18.5 Å². The van der Waals surface area contributed by atoms with Crippen molar-refractivity contribution in [3.8, 4) is 0 Å². The Bertz CT molecular complexity index is 1300. The van der Waals surface area contributed by atoms with E-state index in [1.165, 1.54) is 12.3 Å². The number of nitrogens with one attached hydrogen (secondary N) is 3. The monoisotopic (exact) mass is 487 g/mol. The molecule has 0 radical (unpaired) electrons. The Hall–Kier alpha value is -3.61. The molecule has 5 rings (SSSR count). The molecule has 12 heteroatoms. The van der Waals surface area contributed by atoms with Crippen LogP contribution in [-0.2, 0) is 16.0 Å². The highest BCUT2D eigenvalue weighted by atomic mass is 19.2. The van der Waals surface area contributed by atoms with Crippen molar-refractivity contribution in [2.45, 2.75) is 31.3 Å². The third-order valence-corrected chi connectivity index (χ3v) is 6.97. The smallest absolute Gasteiger partial charge is 0.293 e. The normalized spacial score (nSPS) is 21.5. The van der Waals surface area contributed by atoms with Gasteiger partial charge in [-0.2, -0.15) is 0 Å². The Balaban J connectivity index is 1.45. The van der Waals surface area contributed by atoms with Crippen LogP contribution in [0.15, 0.2) is 30.1 Å². The Labute approximate surface area is 198 Å². The molecule has 2 atom stereocenters. The van der Waals surface area contributed by atoms with E-state index in [1.54, 1.807) is 6.92 Å². The van der Waals surface area contributed by atoms with Gasteiger partial charge in [0, 0.05) is 23.5 Å². The van der Waals surface area contributed by atoms with Gasteiger partial charge in [-0.15, -0.1) is 0 Å². The molecule has 1 aromatic heterocycles. The molecule has 2 aliphatic heterocycles. The van der Waals surface area contributed by atoms with Crippen LogP contribution < -0.4 is 27.6 Å². The Morgan fingerprint density at radius 1 is 1.26 bits per heavy atom. The standard InChI is InChI=1S/C23H24F2N6O4/c1-10-18(20(32)22(34)30-23(8-35-9-23)17(26)7-28-27)16-5-11-4-15(11)31(16)19(10)21(33)29-12-2-3-13(24)14(25)6-12/h2-3,6-7,11,15,28H,4-5,8-9,26-27H2,1H3,(H,29,33)(H,30,34)/p+1. The van der Waals surface area contributed by atoms with Gasteiger partial charge in [-0.05, 0) is 43.4 Å². The number of fused-ring (bicyclic) bond motifs is 3. The number of Topliss-reactive ketones (excluding diaryl/α,β-unsaturated/α-hetero) is 1. The van der Waals surface area contributed by atoms with Crippen LogP contribution in [0.2, 0.25) is 0 Å². The molecule has 1 saturated heterocycles. The van der Waals surface area contributed by atoms with Gasteiger partial charge in [-0.3, -0.25) is 20.2 Å². The van der Waals surface area contributed by atoms with Crippen LogP contribution in [0.4, 0.5) is 14.5 Å². The molecule has 3 heterocycles. The molecule has 2 amide bonds. The van der Waals surface area contributed by atoms with Gasteiger partial charge in [0.2, 0.25) is 0 Å². The average molecular weight is 487 g/mol. The van der Waals surface area contributed by atoms with Crippen molar-refractivity contribution >= 4 is 23.3 Å². The largest absolute Gasteiger partial charge is 0.375 e. The predicted molar refractivity (Wildman–Crippen MR) is 119 cm³/mol. The van der Waals surface area contributed by atoms with Gasteiger partial charge in [0.1, 0.15) is 5.69 Å². The molecule has 8 N–H and O–H groups in total. The zero-order valence-electron chi connectivity index (χ0n) is 18.9. The lowest BCUT2D eigenvalue weighted by Gasteiger charge is -2.39. The van der Waals surface area contributed by atoms with Crippen molar-refractivity contribution in [3.63, 3.8) is 0 Å². The van der Waals surface area contributed by atoms with Gasteiger partial charge in [0.25, 0.3) is 17.6 Å². The van der Waals surface area contributed by atoms with Crippen LogP contribution in [0.3, 0.4) is 0 Å². The van der Waals surface area contributed by atoms with E-state index in [9.17, 15) is 23.2 Å². The fourth-order valence-electron chi connectivity index (χ4n) is 4.97. The number of hydrazine groups is 1. The summed E-state index contributed by atoms with van der Waals surface area (Å²) in [5.41, 5.74) is 7.24. The van der Waals surface area contributed by atoms with Gasteiger partial charge < -0.3 is 31.1 Å². The summed E-state index contributed by atoms with van der Waals surface area (Å²) in [4.78, 5) is 39.6. The van der Waals surface area contributed by atoms with Crippen molar-refractivity contribution in [1.82, 2.24) is 15.3 Å². The fraction of sp³-hybridized carbons (Fsp3) is 0.348. The van der Waals surface area contributed by atoms with Crippen LogP contribution >= 0.6 is 0 Å². The number of benzene rings is 1. The van der Waals surface area contributed by atoms with E-state index in [-0.39, 0.29) is 36.2 Å². The average Bonchev–Trinajstić information content (AvgIpc) is 3.36. The lowest BCUT2D eigenvalue weighted by atomic mass is 9.92. The summed E-state index contributed by atoms with van der Waals surface area (Å²) in [7, 11) is 0. The van der Waals surface area contributed by atoms with E-state index in [0.717, 1.165) is 18.6 Å². The summed E-state index contributed by atoms with van der Waals surface area (Å²) < 4.78 is 33.9. The zero-order chi connectivity index (χ0) is 25.1. The van der Waals surface area contributed by atoms with Gasteiger partial charge in [0.15, 0.2) is 22.9 Å². The number of quaternary nitrogens is 1. The molecule has 2 unspecified atom stereocenters. The second-order valence-electron chi connectivity index (χ2n) is 9.21. The number of anilines is 1. The number of nitrogens with zero attached hydrogens (tertiary/aromatic N) is 1. The molecule has 2 aromatic rings. The minimum Gasteiger partial charge on any atom is -0.375 e. The van der Waals surface area contributed by atoms with E-state index in [4.69, 9.17) is 10.6 Å². The van der Waals surface area contributed by atoms with Gasteiger partial charge >= 0.3 is 0 Å². The molecule has 0 spiro atoms. The van der Waals surface area contributed by atoms with E-state index in [0.29, 0.717) is 29.3 Å². The number of ketones is 1. The van der Waals surface area contributed by atoms with E-state index < -0.39 is 34.8 Å². The summed E-state index contributed by atoms with van der Waals surface area (Å²) >= 11 is 0. The predicted octanol–water partition coefficient (Wildman–Crippen LogP) is 0.0586. The molecule has 1 aromatic carbocycles. The Morgan fingerprint density at radius 3 is 2.63 bits per heavy atom. The van der Waals surface area contributed by atoms with Gasteiger partial charge in [0.05, 0.1) is 25.0 Å². The minimum absolute atomic E-state index is 0.0652.